The highest BCUT2D eigenvalue weighted by atomic mass is 19.4. The number of fused-ring (bicyclic) bond motifs is 1. The zero-order valence-electron chi connectivity index (χ0n) is 18.3. The first kappa shape index (κ1) is 22.3. The Morgan fingerprint density at radius 2 is 1.71 bits per heavy atom. The fourth-order valence-electron chi connectivity index (χ4n) is 4.98. The summed E-state index contributed by atoms with van der Waals surface area (Å²) in [5, 5.41) is 0. The molecule has 2 aromatic carbocycles. The number of carbonyl (C=O) groups excluding carboxylic acids is 2. The van der Waals surface area contributed by atoms with E-state index in [9.17, 15) is 22.8 Å². The lowest BCUT2D eigenvalue weighted by atomic mass is 9.86. The minimum absolute atomic E-state index is 0.122. The van der Waals surface area contributed by atoms with Gasteiger partial charge in [0.25, 0.3) is 5.91 Å². The van der Waals surface area contributed by atoms with Gasteiger partial charge in [0, 0.05) is 32.1 Å². The molecule has 0 radical (unpaired) electrons. The average molecular weight is 468 g/mol. The van der Waals surface area contributed by atoms with Crippen molar-refractivity contribution in [3.05, 3.63) is 94.9 Å². The minimum Gasteiger partial charge on any atom is -0.459 e. The third-order valence-corrected chi connectivity index (χ3v) is 6.74. The van der Waals surface area contributed by atoms with E-state index in [2.05, 4.69) is 0 Å². The Labute approximate surface area is 194 Å². The Bertz CT molecular complexity index is 1210. The number of likely N-dealkylation sites (tertiary alicyclic amines) is 1. The molecular weight excluding hydrogens is 445 g/mol. The van der Waals surface area contributed by atoms with Crippen molar-refractivity contribution >= 4 is 11.8 Å². The van der Waals surface area contributed by atoms with Crippen molar-refractivity contribution < 1.29 is 27.2 Å². The van der Waals surface area contributed by atoms with Crippen molar-refractivity contribution in [2.24, 2.45) is 5.92 Å². The van der Waals surface area contributed by atoms with E-state index in [1.165, 1.54) is 22.8 Å². The summed E-state index contributed by atoms with van der Waals surface area (Å²) in [7, 11) is 0. The van der Waals surface area contributed by atoms with Crippen LogP contribution in [0.25, 0.3) is 0 Å². The summed E-state index contributed by atoms with van der Waals surface area (Å²) in [5.74, 6) is -1.57. The average Bonchev–Trinajstić information content (AvgIpc) is 3.53. The second-order valence-corrected chi connectivity index (χ2v) is 8.80. The molecule has 0 bridgehead atoms. The van der Waals surface area contributed by atoms with Crippen LogP contribution in [0.15, 0.2) is 71.3 Å². The number of hydrogen-bond donors (Lipinski definition) is 0. The predicted octanol–water partition coefficient (Wildman–Crippen LogP) is 4.74. The van der Waals surface area contributed by atoms with Crippen LogP contribution >= 0.6 is 0 Å². The molecule has 34 heavy (non-hydrogen) atoms. The quantitative estimate of drug-likeness (QED) is 0.558. The molecule has 1 aromatic heterocycles. The molecular formula is C26H23F3N2O3. The zero-order chi connectivity index (χ0) is 23.9. The Kier molecular flexibility index (Phi) is 5.67. The third kappa shape index (κ3) is 4.20. The molecule has 3 heterocycles. The van der Waals surface area contributed by atoms with Crippen LogP contribution in [-0.2, 0) is 23.9 Å². The maximum absolute atomic E-state index is 13.7. The standard InChI is InChI=1S/C26H23F3N2O3/c27-26(28,29)20-8-3-7-18(13-20)21-15-31(25(33)23-9-4-12-34-23)16-22(21)24(32)30-11-10-17-5-1-2-6-19(17)14-30/h1-9,12-13,21-22H,10-11,14-16H2. The number of alkyl halides is 3. The van der Waals surface area contributed by atoms with Gasteiger partial charge < -0.3 is 14.2 Å². The molecule has 2 aliphatic rings. The van der Waals surface area contributed by atoms with Gasteiger partial charge in [-0.05, 0) is 41.3 Å². The van der Waals surface area contributed by atoms with Gasteiger partial charge in [-0.1, -0.05) is 42.5 Å². The molecule has 176 valence electrons. The summed E-state index contributed by atoms with van der Waals surface area (Å²) in [4.78, 5) is 29.9. The van der Waals surface area contributed by atoms with Crippen LogP contribution in [0.3, 0.4) is 0 Å². The highest BCUT2D eigenvalue weighted by Gasteiger charge is 2.43. The molecule has 2 aliphatic heterocycles. The second kappa shape index (κ2) is 8.66. The van der Waals surface area contributed by atoms with E-state index in [1.54, 1.807) is 23.1 Å². The topological polar surface area (TPSA) is 53.8 Å². The van der Waals surface area contributed by atoms with Gasteiger partial charge in [0.1, 0.15) is 0 Å². The molecule has 3 aromatic rings. The van der Waals surface area contributed by atoms with E-state index in [4.69, 9.17) is 4.42 Å². The lowest BCUT2D eigenvalue weighted by molar-refractivity contribution is -0.137. The minimum atomic E-state index is -4.49. The number of halogens is 3. The summed E-state index contributed by atoms with van der Waals surface area (Å²) in [5.41, 5.74) is 1.90. The van der Waals surface area contributed by atoms with Gasteiger partial charge in [-0.2, -0.15) is 13.2 Å². The SMILES string of the molecule is O=C(c1ccco1)N1CC(C(=O)N2CCc3ccccc3C2)C(c2cccc(C(F)(F)F)c2)C1. The number of benzene rings is 2. The molecule has 0 saturated carbocycles. The maximum atomic E-state index is 13.7. The highest BCUT2D eigenvalue weighted by molar-refractivity contribution is 5.92. The zero-order valence-corrected chi connectivity index (χ0v) is 18.3. The number of hydrogen-bond acceptors (Lipinski definition) is 3. The summed E-state index contributed by atoms with van der Waals surface area (Å²) >= 11 is 0. The van der Waals surface area contributed by atoms with Gasteiger partial charge in [-0.15, -0.1) is 0 Å². The first-order chi connectivity index (χ1) is 16.3. The number of carbonyl (C=O) groups is 2. The fraction of sp³-hybridized carbons (Fsp3) is 0.308. The van der Waals surface area contributed by atoms with Crippen LogP contribution in [0.2, 0.25) is 0 Å². The number of nitrogens with zero attached hydrogens (tertiary/aromatic N) is 2. The van der Waals surface area contributed by atoms with Crippen molar-refractivity contribution in [1.29, 1.82) is 0 Å². The van der Waals surface area contributed by atoms with Crippen LogP contribution in [0.1, 0.15) is 38.7 Å². The Balaban J connectivity index is 1.45. The lowest BCUT2D eigenvalue weighted by Crippen LogP contribution is -2.42. The van der Waals surface area contributed by atoms with Crippen LogP contribution in [-0.4, -0.2) is 41.2 Å². The third-order valence-electron chi connectivity index (χ3n) is 6.74. The van der Waals surface area contributed by atoms with Gasteiger partial charge in [-0.3, -0.25) is 9.59 Å². The molecule has 0 N–H and O–H groups in total. The molecule has 1 fully saturated rings. The van der Waals surface area contributed by atoms with Crippen LogP contribution < -0.4 is 0 Å². The molecule has 2 unspecified atom stereocenters. The Hall–Kier alpha value is -3.55. The molecule has 0 aliphatic carbocycles. The molecule has 1 saturated heterocycles. The van der Waals surface area contributed by atoms with Crippen LogP contribution in [0.5, 0.6) is 0 Å². The summed E-state index contributed by atoms with van der Waals surface area (Å²) < 4.78 is 45.4. The first-order valence-corrected chi connectivity index (χ1v) is 11.2. The van der Waals surface area contributed by atoms with Crippen molar-refractivity contribution in [1.82, 2.24) is 9.80 Å². The van der Waals surface area contributed by atoms with Crippen LogP contribution in [0.4, 0.5) is 13.2 Å². The van der Waals surface area contributed by atoms with E-state index in [1.807, 2.05) is 24.3 Å². The maximum Gasteiger partial charge on any atom is 0.416 e. The van der Waals surface area contributed by atoms with Crippen molar-refractivity contribution in [2.75, 3.05) is 19.6 Å². The lowest BCUT2D eigenvalue weighted by Gasteiger charge is -2.32. The molecule has 5 rings (SSSR count). The summed E-state index contributed by atoms with van der Waals surface area (Å²) in [6.45, 7) is 1.25. The smallest absolute Gasteiger partial charge is 0.416 e. The van der Waals surface area contributed by atoms with E-state index in [0.29, 0.717) is 18.7 Å². The van der Waals surface area contributed by atoms with Gasteiger partial charge in [0.15, 0.2) is 5.76 Å². The van der Waals surface area contributed by atoms with Crippen molar-refractivity contribution in [3.63, 3.8) is 0 Å². The molecule has 5 nitrogen and oxygen atoms in total. The van der Waals surface area contributed by atoms with Gasteiger partial charge >= 0.3 is 6.18 Å². The summed E-state index contributed by atoms with van der Waals surface area (Å²) in [6.07, 6.45) is -2.38. The fourth-order valence-corrected chi connectivity index (χ4v) is 4.98. The second-order valence-electron chi connectivity index (χ2n) is 8.80. The molecule has 2 amide bonds. The van der Waals surface area contributed by atoms with Gasteiger partial charge in [0.05, 0.1) is 17.7 Å². The Morgan fingerprint density at radius 3 is 2.44 bits per heavy atom. The van der Waals surface area contributed by atoms with Gasteiger partial charge in [-0.25, -0.2) is 0 Å². The monoisotopic (exact) mass is 468 g/mol. The van der Waals surface area contributed by atoms with Crippen molar-refractivity contribution in [2.45, 2.75) is 25.1 Å². The van der Waals surface area contributed by atoms with E-state index in [0.717, 1.165) is 24.1 Å². The Morgan fingerprint density at radius 1 is 0.912 bits per heavy atom. The molecule has 8 heteroatoms. The number of amides is 2. The van der Waals surface area contributed by atoms with Gasteiger partial charge in [0.2, 0.25) is 5.91 Å². The highest BCUT2D eigenvalue weighted by Crippen LogP contribution is 2.38. The molecule has 2 atom stereocenters. The number of furan rings is 1. The van der Waals surface area contributed by atoms with Crippen LogP contribution in [0, 0.1) is 5.92 Å². The van der Waals surface area contributed by atoms with E-state index >= 15 is 0 Å². The summed E-state index contributed by atoms with van der Waals surface area (Å²) in [6, 6.07) is 16.1. The predicted molar refractivity (Wildman–Crippen MR) is 118 cm³/mol. The van der Waals surface area contributed by atoms with Crippen molar-refractivity contribution in [3.8, 4) is 0 Å². The molecule has 0 spiro atoms. The first-order valence-electron chi connectivity index (χ1n) is 11.2. The van der Waals surface area contributed by atoms with E-state index in [-0.39, 0.29) is 30.7 Å². The normalized spacial score (nSPS) is 20.3. The largest absolute Gasteiger partial charge is 0.459 e. The number of rotatable bonds is 3. The van der Waals surface area contributed by atoms with E-state index < -0.39 is 23.6 Å².